The van der Waals surface area contributed by atoms with Crippen molar-refractivity contribution in [1.82, 2.24) is 4.98 Å². The van der Waals surface area contributed by atoms with E-state index in [1.54, 1.807) is 13.1 Å². The lowest BCUT2D eigenvalue weighted by Crippen LogP contribution is -1.96. The summed E-state index contributed by atoms with van der Waals surface area (Å²) in [5.74, 6) is 0.634. The summed E-state index contributed by atoms with van der Waals surface area (Å²) in [7, 11) is 1.78. The summed E-state index contributed by atoms with van der Waals surface area (Å²) in [5, 5.41) is 4.04. The number of anilines is 1. The molecular weight excluding hydrogens is 267 g/mol. The maximum atomic E-state index is 6.21. The fourth-order valence-electron chi connectivity index (χ4n) is 1.73. The molecule has 2 nitrogen and oxygen atoms in total. The van der Waals surface area contributed by atoms with Crippen molar-refractivity contribution in [2.75, 3.05) is 12.4 Å². The van der Waals surface area contributed by atoms with Crippen LogP contribution in [-0.2, 0) is 0 Å². The predicted molar refractivity (Wildman–Crippen MR) is 78.7 cm³/mol. The van der Waals surface area contributed by atoms with E-state index in [-0.39, 0.29) is 0 Å². The third-order valence-electron chi connectivity index (χ3n) is 2.95. The summed E-state index contributed by atoms with van der Waals surface area (Å²) < 4.78 is 0. The van der Waals surface area contributed by atoms with Crippen molar-refractivity contribution in [1.29, 1.82) is 0 Å². The molecular formula is C14H14Cl2N2. The largest absolute Gasteiger partial charge is 0.372 e. The van der Waals surface area contributed by atoms with Gasteiger partial charge in [0.05, 0.1) is 15.7 Å². The zero-order chi connectivity index (χ0) is 13.3. The van der Waals surface area contributed by atoms with Gasteiger partial charge in [-0.1, -0.05) is 35.3 Å². The van der Waals surface area contributed by atoms with Gasteiger partial charge in [0.15, 0.2) is 0 Å². The van der Waals surface area contributed by atoms with Crippen LogP contribution in [0.5, 0.6) is 0 Å². The van der Waals surface area contributed by atoms with Crippen LogP contribution in [0, 0.1) is 13.8 Å². The van der Waals surface area contributed by atoms with Crippen LogP contribution in [0.2, 0.25) is 10.0 Å². The maximum absolute atomic E-state index is 6.21. The highest BCUT2D eigenvalue weighted by Gasteiger charge is 2.10. The molecule has 0 fully saturated rings. The van der Waals surface area contributed by atoms with Gasteiger partial charge in [-0.25, -0.2) is 4.98 Å². The first kappa shape index (κ1) is 13.2. The predicted octanol–water partition coefficient (Wildman–Crippen LogP) is 4.71. The molecule has 0 saturated carbocycles. The molecule has 94 valence electrons. The third-order valence-corrected chi connectivity index (χ3v) is 3.52. The summed E-state index contributed by atoms with van der Waals surface area (Å²) in [6.45, 7) is 4.15. The van der Waals surface area contributed by atoms with E-state index in [4.69, 9.17) is 23.2 Å². The summed E-state index contributed by atoms with van der Waals surface area (Å²) in [6, 6.07) is 7.88. The van der Waals surface area contributed by atoms with Gasteiger partial charge in [-0.05, 0) is 37.1 Å². The zero-order valence-electron chi connectivity index (χ0n) is 10.5. The monoisotopic (exact) mass is 280 g/mol. The Morgan fingerprint density at radius 2 is 1.72 bits per heavy atom. The summed E-state index contributed by atoms with van der Waals surface area (Å²) in [5.41, 5.74) is 4.20. The molecule has 0 amide bonds. The third kappa shape index (κ3) is 2.45. The highest BCUT2D eigenvalue weighted by atomic mass is 35.5. The van der Waals surface area contributed by atoms with Gasteiger partial charge in [0.1, 0.15) is 5.82 Å². The topological polar surface area (TPSA) is 24.9 Å². The molecule has 0 saturated heterocycles. The molecule has 2 rings (SSSR count). The van der Waals surface area contributed by atoms with E-state index < -0.39 is 0 Å². The second-order valence-electron chi connectivity index (χ2n) is 4.20. The Balaban J connectivity index is 2.59. The number of rotatable bonds is 2. The molecule has 0 atom stereocenters. The summed E-state index contributed by atoms with van der Waals surface area (Å²) in [6.07, 6.45) is 0. The lowest BCUT2D eigenvalue weighted by atomic mass is 10.0. The van der Waals surface area contributed by atoms with Gasteiger partial charge in [0, 0.05) is 12.6 Å². The van der Waals surface area contributed by atoms with Gasteiger partial charge >= 0.3 is 0 Å². The number of nitrogens with zero attached hydrogens (tertiary/aromatic N) is 1. The minimum absolute atomic E-state index is 0.523. The van der Waals surface area contributed by atoms with Crippen LogP contribution in [0.4, 0.5) is 5.82 Å². The molecule has 18 heavy (non-hydrogen) atoms. The van der Waals surface area contributed by atoms with Gasteiger partial charge in [-0.3, -0.25) is 0 Å². The first-order valence-corrected chi connectivity index (χ1v) is 6.40. The number of nitrogens with one attached hydrogen (secondary N) is 1. The number of aryl methyl sites for hydroxylation is 2. The summed E-state index contributed by atoms with van der Waals surface area (Å²) in [4.78, 5) is 4.46. The minimum atomic E-state index is 0.523. The molecule has 2 aromatic rings. The maximum Gasteiger partial charge on any atom is 0.145 e. The Bertz CT molecular complexity index is 595. The zero-order valence-corrected chi connectivity index (χ0v) is 12.0. The first-order valence-electron chi connectivity index (χ1n) is 5.64. The minimum Gasteiger partial charge on any atom is -0.372 e. The normalized spacial score (nSPS) is 10.5. The Labute approximate surface area is 117 Å². The van der Waals surface area contributed by atoms with Crippen molar-refractivity contribution < 1.29 is 0 Å². The highest BCUT2D eigenvalue weighted by Crippen LogP contribution is 2.32. The Morgan fingerprint density at radius 1 is 1.00 bits per heavy atom. The van der Waals surface area contributed by atoms with Crippen LogP contribution in [0.3, 0.4) is 0 Å². The molecule has 1 N–H and O–H groups in total. The fourth-order valence-corrected chi connectivity index (χ4v) is 2.30. The van der Waals surface area contributed by atoms with Gasteiger partial charge < -0.3 is 5.32 Å². The van der Waals surface area contributed by atoms with Crippen molar-refractivity contribution in [2.24, 2.45) is 0 Å². The average molecular weight is 281 g/mol. The van der Waals surface area contributed by atoms with Gasteiger partial charge in [-0.2, -0.15) is 0 Å². The molecule has 0 unspecified atom stereocenters. The number of hydrogen-bond donors (Lipinski definition) is 1. The van der Waals surface area contributed by atoms with Crippen molar-refractivity contribution in [3.63, 3.8) is 0 Å². The van der Waals surface area contributed by atoms with E-state index in [9.17, 15) is 0 Å². The summed E-state index contributed by atoms with van der Waals surface area (Å²) >= 11 is 12.2. The molecule has 1 aromatic carbocycles. The quantitative estimate of drug-likeness (QED) is 0.862. The van der Waals surface area contributed by atoms with Crippen molar-refractivity contribution in [3.8, 4) is 11.3 Å². The van der Waals surface area contributed by atoms with Crippen LogP contribution in [0.15, 0.2) is 24.3 Å². The molecule has 0 bridgehead atoms. The highest BCUT2D eigenvalue weighted by molar-refractivity contribution is 6.37. The second kappa shape index (κ2) is 5.17. The van der Waals surface area contributed by atoms with E-state index in [2.05, 4.69) is 36.3 Å². The van der Waals surface area contributed by atoms with Crippen LogP contribution < -0.4 is 5.32 Å². The van der Waals surface area contributed by atoms with Crippen LogP contribution in [0.25, 0.3) is 11.3 Å². The Morgan fingerprint density at radius 3 is 2.33 bits per heavy atom. The average Bonchev–Trinajstić information content (AvgIpc) is 2.33. The fraction of sp³-hybridized carbons (Fsp3) is 0.214. The molecule has 0 spiro atoms. The molecule has 0 radical (unpaired) electrons. The van der Waals surface area contributed by atoms with E-state index >= 15 is 0 Å². The molecule has 0 aliphatic rings. The number of hydrogen-bond acceptors (Lipinski definition) is 2. The lowest BCUT2D eigenvalue weighted by molar-refractivity contribution is 1.27. The van der Waals surface area contributed by atoms with E-state index in [1.165, 1.54) is 11.1 Å². The van der Waals surface area contributed by atoms with Crippen LogP contribution >= 0.6 is 23.2 Å². The van der Waals surface area contributed by atoms with Gasteiger partial charge in [0.2, 0.25) is 0 Å². The molecule has 1 heterocycles. The van der Waals surface area contributed by atoms with Crippen molar-refractivity contribution in [3.05, 3.63) is 45.4 Å². The van der Waals surface area contributed by atoms with Crippen LogP contribution in [0.1, 0.15) is 11.1 Å². The first-order chi connectivity index (χ1) is 8.52. The molecule has 4 heteroatoms. The van der Waals surface area contributed by atoms with Crippen LogP contribution in [-0.4, -0.2) is 12.0 Å². The second-order valence-corrected chi connectivity index (χ2v) is 5.01. The Kier molecular flexibility index (Phi) is 3.79. The molecule has 0 aliphatic heterocycles. The van der Waals surface area contributed by atoms with Crippen molar-refractivity contribution >= 4 is 29.0 Å². The SMILES string of the molecule is CNc1nc(-c2ccc(C)c(C)c2)c(Cl)cc1Cl. The van der Waals surface area contributed by atoms with Gasteiger partial charge in [0.25, 0.3) is 0 Å². The van der Waals surface area contributed by atoms with E-state index in [0.717, 1.165) is 11.3 Å². The number of aromatic nitrogens is 1. The van der Waals surface area contributed by atoms with E-state index in [1.807, 2.05) is 6.07 Å². The van der Waals surface area contributed by atoms with Crippen molar-refractivity contribution in [2.45, 2.75) is 13.8 Å². The van der Waals surface area contributed by atoms with E-state index in [0.29, 0.717) is 15.9 Å². The smallest absolute Gasteiger partial charge is 0.145 e. The standard InChI is InChI=1S/C14H14Cl2N2/c1-8-4-5-10(6-9(8)2)13-11(15)7-12(16)14(17-3)18-13/h4-7H,1-3H3,(H,17,18). The number of halogens is 2. The number of benzene rings is 1. The van der Waals surface area contributed by atoms with Gasteiger partial charge in [-0.15, -0.1) is 0 Å². The number of pyridine rings is 1. The Hall–Kier alpha value is -1.25. The molecule has 1 aromatic heterocycles. The lowest BCUT2D eigenvalue weighted by Gasteiger charge is -2.10. The molecule has 0 aliphatic carbocycles.